The number of furan rings is 1. The van der Waals surface area contributed by atoms with Crippen molar-refractivity contribution in [1.29, 1.82) is 0 Å². The van der Waals surface area contributed by atoms with Gasteiger partial charge in [-0.15, -0.1) is 16.9 Å². The molecule has 0 saturated carbocycles. The normalized spacial score (nSPS) is 11.2. The van der Waals surface area contributed by atoms with Crippen LogP contribution in [0.15, 0.2) is 61.7 Å². The van der Waals surface area contributed by atoms with E-state index in [1.807, 2.05) is 31.2 Å². The molecule has 4 aromatic rings. The molecule has 0 bridgehead atoms. The topological polar surface area (TPSA) is 150 Å². The highest BCUT2D eigenvalue weighted by atomic mass is 32.2. The van der Waals surface area contributed by atoms with Crippen molar-refractivity contribution in [2.24, 2.45) is 5.10 Å². The Morgan fingerprint density at radius 3 is 2.83 bits per heavy atom. The summed E-state index contributed by atoms with van der Waals surface area (Å²) >= 11 is 1.50. The summed E-state index contributed by atoms with van der Waals surface area (Å²) < 4.78 is 11.1. The number of nitrogens with two attached hydrogens (primary N) is 1. The number of amides is 1. The number of hydrazone groups is 1. The number of carbonyl (C=O) groups is 1. The van der Waals surface area contributed by atoms with Gasteiger partial charge in [0.15, 0.2) is 5.69 Å². The number of aromatic nitrogens is 5. The first-order chi connectivity index (χ1) is 14.6. The Bertz CT molecular complexity index is 1160. The fourth-order valence-corrected chi connectivity index (χ4v) is 3.36. The Morgan fingerprint density at radius 1 is 1.30 bits per heavy atom. The van der Waals surface area contributed by atoms with Gasteiger partial charge in [-0.25, -0.2) is 10.1 Å². The fraction of sp³-hybridized carbons (Fsp3) is 0.111. The summed E-state index contributed by atoms with van der Waals surface area (Å²) in [6.07, 6.45) is 2.88. The molecular weight excluding hydrogens is 408 g/mol. The minimum Gasteiger partial charge on any atom is -0.463 e. The molecule has 0 aliphatic heterocycles. The minimum absolute atomic E-state index is 0.0317. The first-order valence-corrected chi connectivity index (χ1v) is 9.69. The molecule has 3 N–H and O–H groups in total. The standard InChI is InChI=1S/C18H16N8O3S/c1-11-4-6-13(7-5-11)30-10-14-15(18(27)22-20-9-12-3-2-8-28-12)21-25-26(14)17-16(19)23-29-24-17/h2-9H,10H2,1H3,(H2,19,23)(H,22,27)/b20-9+. The van der Waals surface area contributed by atoms with Crippen molar-refractivity contribution in [2.75, 3.05) is 5.73 Å². The molecule has 3 heterocycles. The van der Waals surface area contributed by atoms with Crippen molar-refractivity contribution in [3.63, 3.8) is 0 Å². The van der Waals surface area contributed by atoms with Gasteiger partial charge in [-0.2, -0.15) is 9.78 Å². The first-order valence-electron chi connectivity index (χ1n) is 8.71. The molecule has 0 unspecified atom stereocenters. The molecule has 0 aliphatic rings. The number of aryl methyl sites for hydroxylation is 1. The number of nitrogens with one attached hydrogen (secondary N) is 1. The molecule has 12 heteroatoms. The second kappa shape index (κ2) is 8.61. The number of nitrogens with zero attached hydrogens (tertiary/aromatic N) is 6. The van der Waals surface area contributed by atoms with E-state index < -0.39 is 5.91 Å². The molecule has 4 rings (SSSR count). The molecule has 0 radical (unpaired) electrons. The summed E-state index contributed by atoms with van der Waals surface area (Å²) in [5.41, 5.74) is 9.90. The smallest absolute Gasteiger partial charge is 0.293 e. The van der Waals surface area contributed by atoms with Crippen molar-refractivity contribution in [2.45, 2.75) is 17.6 Å². The van der Waals surface area contributed by atoms with Gasteiger partial charge < -0.3 is 10.2 Å². The second-order valence-electron chi connectivity index (χ2n) is 6.09. The number of nitrogen functional groups attached to an aromatic ring is 1. The van der Waals surface area contributed by atoms with Crippen molar-refractivity contribution in [1.82, 2.24) is 30.7 Å². The van der Waals surface area contributed by atoms with Gasteiger partial charge in [0.2, 0.25) is 11.6 Å². The Kier molecular flexibility index (Phi) is 5.57. The number of hydrogen-bond acceptors (Lipinski definition) is 10. The van der Waals surface area contributed by atoms with Gasteiger partial charge in [0.25, 0.3) is 5.91 Å². The molecule has 3 aromatic heterocycles. The zero-order valence-electron chi connectivity index (χ0n) is 15.7. The summed E-state index contributed by atoms with van der Waals surface area (Å²) in [6.45, 7) is 2.01. The van der Waals surface area contributed by atoms with E-state index in [1.54, 1.807) is 12.1 Å². The lowest BCUT2D eigenvalue weighted by molar-refractivity contribution is 0.0949. The minimum atomic E-state index is -0.543. The largest absolute Gasteiger partial charge is 0.463 e. The summed E-state index contributed by atoms with van der Waals surface area (Å²) in [6, 6.07) is 11.4. The first kappa shape index (κ1) is 19.4. The highest BCUT2D eigenvalue weighted by Gasteiger charge is 2.24. The quantitative estimate of drug-likeness (QED) is 0.258. The Morgan fingerprint density at radius 2 is 2.13 bits per heavy atom. The second-order valence-corrected chi connectivity index (χ2v) is 7.13. The molecule has 0 fully saturated rings. The van der Waals surface area contributed by atoms with Crippen LogP contribution in [0.2, 0.25) is 0 Å². The number of hydrogen-bond donors (Lipinski definition) is 2. The van der Waals surface area contributed by atoms with E-state index in [2.05, 4.69) is 35.8 Å². The van der Waals surface area contributed by atoms with Crippen LogP contribution in [0.5, 0.6) is 0 Å². The summed E-state index contributed by atoms with van der Waals surface area (Å²) in [5, 5.41) is 19.2. The average Bonchev–Trinajstić information content (AvgIpc) is 3.48. The van der Waals surface area contributed by atoms with E-state index in [1.165, 1.54) is 28.9 Å². The van der Waals surface area contributed by atoms with Crippen LogP contribution in [0, 0.1) is 6.92 Å². The van der Waals surface area contributed by atoms with Gasteiger partial charge in [-0.05, 0) is 41.5 Å². The van der Waals surface area contributed by atoms with E-state index in [9.17, 15) is 4.79 Å². The van der Waals surface area contributed by atoms with Gasteiger partial charge in [0.1, 0.15) is 5.76 Å². The van der Waals surface area contributed by atoms with E-state index in [-0.39, 0.29) is 17.3 Å². The van der Waals surface area contributed by atoms with Crippen molar-refractivity contribution in [3.05, 3.63) is 65.4 Å². The van der Waals surface area contributed by atoms with Crippen molar-refractivity contribution < 1.29 is 13.8 Å². The predicted octanol–water partition coefficient (Wildman–Crippen LogP) is 2.19. The molecule has 0 aliphatic carbocycles. The third-order valence-corrected chi connectivity index (χ3v) is 5.00. The van der Waals surface area contributed by atoms with Crippen LogP contribution in [0.1, 0.15) is 27.5 Å². The van der Waals surface area contributed by atoms with E-state index >= 15 is 0 Å². The van der Waals surface area contributed by atoms with E-state index in [4.69, 9.17) is 10.2 Å². The lowest BCUT2D eigenvalue weighted by Crippen LogP contribution is -2.20. The van der Waals surface area contributed by atoms with Crippen LogP contribution in [-0.4, -0.2) is 37.4 Å². The van der Waals surface area contributed by atoms with Crippen molar-refractivity contribution in [3.8, 4) is 5.82 Å². The number of carbonyl (C=O) groups excluding carboxylic acids is 1. The van der Waals surface area contributed by atoms with E-state index in [0.717, 1.165) is 10.5 Å². The molecule has 1 aromatic carbocycles. The van der Waals surface area contributed by atoms with Gasteiger partial charge in [-0.3, -0.25) is 4.79 Å². The van der Waals surface area contributed by atoms with Gasteiger partial charge in [0, 0.05) is 10.6 Å². The maximum atomic E-state index is 12.6. The van der Waals surface area contributed by atoms with Gasteiger partial charge >= 0.3 is 0 Å². The third-order valence-electron chi connectivity index (χ3n) is 3.97. The average molecular weight is 424 g/mol. The Hall–Kier alpha value is -3.93. The maximum Gasteiger partial charge on any atom is 0.293 e. The number of anilines is 1. The Balaban J connectivity index is 1.59. The van der Waals surface area contributed by atoms with Gasteiger partial charge in [0.05, 0.1) is 18.2 Å². The molecular formula is C18H16N8O3S. The predicted molar refractivity (Wildman–Crippen MR) is 108 cm³/mol. The van der Waals surface area contributed by atoms with Gasteiger partial charge in [-0.1, -0.05) is 22.9 Å². The molecule has 152 valence electrons. The zero-order valence-corrected chi connectivity index (χ0v) is 16.5. The van der Waals surface area contributed by atoms with Crippen LogP contribution in [0.3, 0.4) is 0 Å². The van der Waals surface area contributed by atoms with Crippen LogP contribution in [0.4, 0.5) is 5.82 Å². The molecule has 1 amide bonds. The third kappa shape index (κ3) is 4.22. The fourth-order valence-electron chi connectivity index (χ4n) is 2.47. The molecule has 0 spiro atoms. The molecule has 0 atom stereocenters. The SMILES string of the molecule is Cc1ccc(SCc2c(C(=O)N/N=C/c3ccco3)nnn2-c2nonc2N)cc1. The molecule has 11 nitrogen and oxygen atoms in total. The van der Waals surface area contributed by atoms with Crippen LogP contribution in [-0.2, 0) is 5.75 Å². The summed E-state index contributed by atoms with van der Waals surface area (Å²) in [5.74, 6) is 0.506. The lowest BCUT2D eigenvalue weighted by atomic mass is 10.2. The number of benzene rings is 1. The zero-order chi connectivity index (χ0) is 20.9. The number of thioether (sulfide) groups is 1. The van der Waals surface area contributed by atoms with E-state index in [0.29, 0.717) is 17.2 Å². The highest BCUT2D eigenvalue weighted by molar-refractivity contribution is 7.98. The Labute approximate surface area is 174 Å². The lowest BCUT2D eigenvalue weighted by Gasteiger charge is -2.06. The van der Waals surface area contributed by atoms with Crippen LogP contribution in [0.25, 0.3) is 5.82 Å². The van der Waals surface area contributed by atoms with Crippen molar-refractivity contribution >= 4 is 29.7 Å². The highest BCUT2D eigenvalue weighted by Crippen LogP contribution is 2.26. The summed E-state index contributed by atoms with van der Waals surface area (Å²) in [4.78, 5) is 13.7. The van der Waals surface area contributed by atoms with Crippen LogP contribution >= 0.6 is 11.8 Å². The molecule has 0 saturated heterocycles. The summed E-state index contributed by atoms with van der Waals surface area (Å²) in [7, 11) is 0. The molecule has 30 heavy (non-hydrogen) atoms. The van der Waals surface area contributed by atoms with Crippen LogP contribution < -0.4 is 11.2 Å². The maximum absolute atomic E-state index is 12.6. The monoisotopic (exact) mass is 424 g/mol. The number of rotatable bonds is 7.